The van der Waals surface area contributed by atoms with Crippen molar-refractivity contribution in [3.63, 3.8) is 0 Å². The quantitative estimate of drug-likeness (QED) is 0.127. The van der Waals surface area contributed by atoms with Crippen LogP contribution in [0.1, 0.15) is 5.56 Å². The van der Waals surface area contributed by atoms with Crippen molar-refractivity contribution in [2.75, 3.05) is 0 Å². The fourth-order valence-corrected chi connectivity index (χ4v) is 13.7. The van der Waals surface area contributed by atoms with Crippen LogP contribution >= 0.6 is 0 Å². The summed E-state index contributed by atoms with van der Waals surface area (Å²) in [6, 6.07) is 75.1. The summed E-state index contributed by atoms with van der Waals surface area (Å²) in [6.07, 6.45) is 0. The van der Waals surface area contributed by atoms with Gasteiger partial charge in [0, 0.05) is 32.9 Å². The smallest absolute Gasteiger partial charge is 0.180 e. The van der Waals surface area contributed by atoms with Crippen molar-refractivity contribution in [3.8, 4) is 17.4 Å². The molecule has 0 bridgehead atoms. The Morgan fingerprint density at radius 2 is 0.887 bits per heavy atom. The summed E-state index contributed by atoms with van der Waals surface area (Å²) in [5.41, 5.74) is 7.51. The van der Waals surface area contributed by atoms with Crippen LogP contribution in [0.5, 0.6) is 0 Å². The molecule has 0 atom stereocenters. The van der Waals surface area contributed by atoms with E-state index in [1.165, 1.54) is 42.6 Å². The molecular weight excluding hydrogens is 659 g/mol. The van der Waals surface area contributed by atoms with Crippen molar-refractivity contribution < 1.29 is 0 Å². The lowest BCUT2D eigenvalue weighted by Gasteiger charge is -2.35. The van der Waals surface area contributed by atoms with E-state index in [0.717, 1.165) is 33.2 Å². The Balaban J connectivity index is 1.35. The fraction of sp³-hybridized carbons (Fsp3) is 0. The first-order valence-electron chi connectivity index (χ1n) is 18.0. The summed E-state index contributed by atoms with van der Waals surface area (Å²) in [7, 11) is -3.03. The summed E-state index contributed by atoms with van der Waals surface area (Å²) in [4.78, 5) is 0. The number of benzene rings is 8. The number of hydrogen-bond acceptors (Lipinski definition) is 1. The van der Waals surface area contributed by atoms with Crippen molar-refractivity contribution >= 4 is 72.4 Å². The normalized spacial score (nSPS) is 11.8. The van der Waals surface area contributed by atoms with E-state index in [2.05, 4.69) is 203 Å². The van der Waals surface area contributed by atoms with Crippen molar-refractivity contribution in [2.24, 2.45) is 0 Å². The predicted molar refractivity (Wildman–Crippen MR) is 223 cm³/mol. The monoisotopic (exact) mass is 691 g/mol. The van der Waals surface area contributed by atoms with Crippen LogP contribution in [0, 0.1) is 11.3 Å². The molecule has 0 N–H and O–H groups in total. The Morgan fingerprint density at radius 1 is 0.377 bits per heavy atom. The number of fused-ring (bicyclic) bond motifs is 6. The summed E-state index contributed by atoms with van der Waals surface area (Å²) in [5.74, 6) is 0. The summed E-state index contributed by atoms with van der Waals surface area (Å²) < 4.78 is 4.79. The van der Waals surface area contributed by atoms with E-state index in [9.17, 15) is 5.26 Å². The molecule has 0 aliphatic heterocycles. The first kappa shape index (κ1) is 30.9. The maximum absolute atomic E-state index is 9.80. The van der Waals surface area contributed by atoms with E-state index in [1.807, 2.05) is 12.1 Å². The highest BCUT2D eigenvalue weighted by Gasteiger charge is 2.43. The molecular formula is C49H33N3Si. The number of rotatable bonds is 6. The molecule has 248 valence electrons. The van der Waals surface area contributed by atoms with Gasteiger partial charge in [-0.15, -0.1) is 0 Å². The molecule has 10 rings (SSSR count). The third-order valence-electron chi connectivity index (χ3n) is 10.9. The molecule has 0 unspecified atom stereocenters. The van der Waals surface area contributed by atoms with Crippen LogP contribution in [-0.2, 0) is 0 Å². The number of hydrogen-bond donors (Lipinski definition) is 0. The molecule has 2 aromatic heterocycles. The lowest BCUT2D eigenvalue weighted by molar-refractivity contribution is 1.18. The molecule has 0 aliphatic rings. The van der Waals surface area contributed by atoms with Crippen molar-refractivity contribution in [1.29, 1.82) is 5.26 Å². The number of nitriles is 1. The van der Waals surface area contributed by atoms with Gasteiger partial charge in [-0.2, -0.15) is 5.26 Å². The predicted octanol–water partition coefficient (Wildman–Crippen LogP) is 9.13. The van der Waals surface area contributed by atoms with E-state index in [1.54, 1.807) is 0 Å². The van der Waals surface area contributed by atoms with Gasteiger partial charge >= 0.3 is 0 Å². The first-order chi connectivity index (χ1) is 26.3. The average Bonchev–Trinajstić information content (AvgIpc) is 3.75. The molecule has 0 radical (unpaired) electrons. The Hall–Kier alpha value is -6.93. The van der Waals surface area contributed by atoms with Gasteiger partial charge < -0.3 is 9.13 Å². The molecule has 0 fully saturated rings. The molecule has 0 saturated carbocycles. The van der Waals surface area contributed by atoms with Gasteiger partial charge in [0.1, 0.15) is 0 Å². The molecule has 3 nitrogen and oxygen atoms in total. The number of para-hydroxylation sites is 3. The largest absolute Gasteiger partial charge is 0.309 e. The second-order valence-electron chi connectivity index (χ2n) is 13.6. The van der Waals surface area contributed by atoms with Gasteiger partial charge in [-0.05, 0) is 81.4 Å². The van der Waals surface area contributed by atoms with Crippen LogP contribution in [0.3, 0.4) is 0 Å². The Bertz CT molecular complexity index is 2970. The van der Waals surface area contributed by atoms with Gasteiger partial charge in [0.25, 0.3) is 0 Å². The van der Waals surface area contributed by atoms with Crippen LogP contribution in [0.2, 0.25) is 0 Å². The highest BCUT2D eigenvalue weighted by molar-refractivity contribution is 7.20. The van der Waals surface area contributed by atoms with E-state index >= 15 is 0 Å². The number of aromatic nitrogens is 2. The van der Waals surface area contributed by atoms with E-state index in [-0.39, 0.29) is 0 Å². The van der Waals surface area contributed by atoms with Crippen LogP contribution in [0.15, 0.2) is 200 Å². The van der Waals surface area contributed by atoms with E-state index in [0.29, 0.717) is 5.56 Å². The zero-order valence-corrected chi connectivity index (χ0v) is 29.9. The third-order valence-corrected chi connectivity index (χ3v) is 15.7. The Kier molecular flexibility index (Phi) is 7.21. The second kappa shape index (κ2) is 12.4. The van der Waals surface area contributed by atoms with Crippen molar-refractivity contribution in [1.82, 2.24) is 9.13 Å². The lowest BCUT2D eigenvalue weighted by atomic mass is 10.1. The van der Waals surface area contributed by atoms with Gasteiger partial charge in [0.15, 0.2) is 8.07 Å². The highest BCUT2D eigenvalue weighted by atomic mass is 28.3. The summed E-state index contributed by atoms with van der Waals surface area (Å²) in [6.45, 7) is 0. The minimum absolute atomic E-state index is 0.663. The standard InChI is InChI=1S/C49H33N3Si/c50-34-35-30-31-46-43(32-35)41-24-10-12-26-44(41)52(46)37-18-14-23-40(33-37)53(38-19-6-2-7-20-38,39-21-8-3-9-22-39)48-29-15-28-47-49(48)42-25-11-13-27-45(42)51(47)36-16-4-1-5-17-36/h1-33H. The maximum Gasteiger partial charge on any atom is 0.180 e. The van der Waals surface area contributed by atoms with Gasteiger partial charge in [0.2, 0.25) is 0 Å². The van der Waals surface area contributed by atoms with Crippen LogP contribution in [0.4, 0.5) is 0 Å². The zero-order valence-electron chi connectivity index (χ0n) is 28.9. The van der Waals surface area contributed by atoms with E-state index < -0.39 is 8.07 Å². The molecule has 0 spiro atoms. The van der Waals surface area contributed by atoms with Gasteiger partial charge in [0.05, 0.1) is 33.7 Å². The second-order valence-corrected chi connectivity index (χ2v) is 17.4. The first-order valence-corrected chi connectivity index (χ1v) is 20.0. The molecule has 4 heteroatoms. The Morgan fingerprint density at radius 3 is 1.58 bits per heavy atom. The third kappa shape index (κ3) is 4.65. The summed E-state index contributed by atoms with van der Waals surface area (Å²) >= 11 is 0. The minimum atomic E-state index is -3.03. The van der Waals surface area contributed by atoms with Gasteiger partial charge in [-0.1, -0.05) is 140 Å². The Labute approximate surface area is 308 Å². The fourth-order valence-electron chi connectivity index (χ4n) is 8.73. The SMILES string of the molecule is N#Cc1ccc2c(c1)c1ccccc1n2-c1cccc([Si](c2ccccc2)(c2ccccc2)c2cccc3c2c2ccccc2n3-c2ccccc2)c1. The van der Waals surface area contributed by atoms with Crippen LogP contribution in [0.25, 0.3) is 55.0 Å². The van der Waals surface area contributed by atoms with Gasteiger partial charge in [-0.3, -0.25) is 0 Å². The van der Waals surface area contributed by atoms with Crippen molar-refractivity contribution in [3.05, 3.63) is 206 Å². The lowest BCUT2D eigenvalue weighted by Crippen LogP contribution is -2.74. The molecule has 8 aromatic carbocycles. The molecule has 0 aliphatic carbocycles. The number of nitrogens with zero attached hydrogens (tertiary/aromatic N) is 3. The van der Waals surface area contributed by atoms with Gasteiger partial charge in [-0.25, -0.2) is 0 Å². The van der Waals surface area contributed by atoms with Crippen LogP contribution in [-0.4, -0.2) is 17.2 Å². The molecule has 10 aromatic rings. The maximum atomic E-state index is 9.80. The van der Waals surface area contributed by atoms with Crippen molar-refractivity contribution in [2.45, 2.75) is 0 Å². The average molecular weight is 692 g/mol. The molecule has 0 amide bonds. The highest BCUT2D eigenvalue weighted by Crippen LogP contribution is 2.34. The molecule has 2 heterocycles. The molecule has 0 saturated heterocycles. The minimum Gasteiger partial charge on any atom is -0.309 e. The van der Waals surface area contributed by atoms with E-state index in [4.69, 9.17) is 0 Å². The summed E-state index contributed by atoms with van der Waals surface area (Å²) in [5, 5.41) is 19.9. The zero-order chi connectivity index (χ0) is 35.4. The molecule has 53 heavy (non-hydrogen) atoms. The van der Waals surface area contributed by atoms with Crippen LogP contribution < -0.4 is 20.7 Å². The topological polar surface area (TPSA) is 33.6 Å².